The number of hydrogen-bond acceptors (Lipinski definition) is 6. The van der Waals surface area contributed by atoms with Crippen LogP contribution in [-0.4, -0.2) is 48.2 Å². The molecular formula is C21H21N3O2S. The lowest BCUT2D eigenvalue weighted by Crippen LogP contribution is -2.25. The molecular weight excluding hydrogens is 358 g/mol. The molecule has 2 aromatic heterocycles. The molecule has 6 heteroatoms. The van der Waals surface area contributed by atoms with Crippen molar-refractivity contribution in [2.24, 2.45) is 0 Å². The second kappa shape index (κ2) is 8.38. The molecule has 0 amide bonds. The van der Waals surface area contributed by atoms with Gasteiger partial charge in [-0.15, -0.1) is 11.3 Å². The van der Waals surface area contributed by atoms with Gasteiger partial charge >= 0.3 is 0 Å². The van der Waals surface area contributed by atoms with Crippen LogP contribution in [0.4, 0.5) is 0 Å². The van der Waals surface area contributed by atoms with E-state index in [0.29, 0.717) is 18.2 Å². The molecule has 0 spiro atoms. The molecule has 0 aliphatic carbocycles. The molecule has 1 aliphatic heterocycles. The van der Waals surface area contributed by atoms with E-state index in [-0.39, 0.29) is 0 Å². The number of thiophene rings is 1. The van der Waals surface area contributed by atoms with Crippen LogP contribution in [0.2, 0.25) is 0 Å². The average molecular weight is 379 g/mol. The summed E-state index contributed by atoms with van der Waals surface area (Å²) in [5, 5.41) is 3.96. The Balaban J connectivity index is 1.55. The molecule has 1 saturated heterocycles. The summed E-state index contributed by atoms with van der Waals surface area (Å²) in [6, 6.07) is 7.64. The van der Waals surface area contributed by atoms with Gasteiger partial charge in [0, 0.05) is 22.9 Å². The van der Waals surface area contributed by atoms with Crippen LogP contribution in [0.25, 0.3) is 11.0 Å². The molecule has 0 N–H and O–H groups in total. The van der Waals surface area contributed by atoms with Gasteiger partial charge in [-0.25, -0.2) is 9.97 Å². The van der Waals surface area contributed by atoms with Gasteiger partial charge in [0.2, 0.25) is 5.88 Å². The third-order valence-corrected chi connectivity index (χ3v) is 5.26. The van der Waals surface area contributed by atoms with Crippen molar-refractivity contribution in [1.82, 2.24) is 14.9 Å². The Morgan fingerprint density at radius 1 is 1.04 bits per heavy atom. The molecule has 0 saturated carbocycles. The summed E-state index contributed by atoms with van der Waals surface area (Å²) >= 11 is 1.58. The standard InChI is InChI=1S/C21H21N3O2S/c1-25-17-7-4-16(5-8-17)6-9-18-21(23-20-15-27-14-19(20)22-18)26-13-12-24-10-2-3-11-24/h4-5,7-8,14-15H,2-3,10-13H2,1H3. The van der Waals surface area contributed by atoms with Gasteiger partial charge in [-0.3, -0.25) is 4.90 Å². The van der Waals surface area contributed by atoms with Crippen molar-refractivity contribution >= 4 is 22.4 Å². The Hall–Kier alpha value is -2.62. The summed E-state index contributed by atoms with van der Waals surface area (Å²) in [5.74, 6) is 7.60. The molecule has 4 rings (SSSR count). The highest BCUT2D eigenvalue weighted by Crippen LogP contribution is 2.21. The first-order valence-corrected chi connectivity index (χ1v) is 10.0. The fourth-order valence-electron chi connectivity index (χ4n) is 3.05. The third kappa shape index (κ3) is 4.38. The summed E-state index contributed by atoms with van der Waals surface area (Å²) in [7, 11) is 1.65. The van der Waals surface area contributed by atoms with Crippen molar-refractivity contribution in [1.29, 1.82) is 0 Å². The number of aromatic nitrogens is 2. The maximum atomic E-state index is 5.97. The van der Waals surface area contributed by atoms with Gasteiger partial charge in [-0.1, -0.05) is 5.92 Å². The number of likely N-dealkylation sites (tertiary alicyclic amines) is 1. The Morgan fingerprint density at radius 2 is 1.78 bits per heavy atom. The topological polar surface area (TPSA) is 47.5 Å². The van der Waals surface area contributed by atoms with Crippen LogP contribution < -0.4 is 9.47 Å². The predicted molar refractivity (Wildman–Crippen MR) is 108 cm³/mol. The summed E-state index contributed by atoms with van der Waals surface area (Å²) in [6.45, 7) is 3.82. The van der Waals surface area contributed by atoms with E-state index in [1.165, 1.54) is 12.8 Å². The first-order valence-electron chi connectivity index (χ1n) is 9.07. The van der Waals surface area contributed by atoms with Crippen LogP contribution in [0.1, 0.15) is 24.1 Å². The minimum atomic E-state index is 0.515. The second-order valence-corrected chi connectivity index (χ2v) is 7.14. The minimum Gasteiger partial charge on any atom is -0.497 e. The second-order valence-electron chi connectivity index (χ2n) is 6.40. The van der Waals surface area contributed by atoms with E-state index in [0.717, 1.165) is 42.0 Å². The number of rotatable bonds is 5. The Labute approximate surface area is 163 Å². The zero-order chi connectivity index (χ0) is 18.5. The Morgan fingerprint density at radius 3 is 2.52 bits per heavy atom. The molecule has 5 nitrogen and oxygen atoms in total. The monoisotopic (exact) mass is 379 g/mol. The normalized spacial score (nSPS) is 14.1. The van der Waals surface area contributed by atoms with Crippen LogP contribution in [-0.2, 0) is 0 Å². The molecule has 0 bridgehead atoms. The molecule has 1 aliphatic rings. The smallest absolute Gasteiger partial charge is 0.249 e. The van der Waals surface area contributed by atoms with Crippen LogP contribution in [0.5, 0.6) is 11.6 Å². The SMILES string of the molecule is COc1ccc(C#Cc2nc3cscc3nc2OCCN2CCCC2)cc1. The summed E-state index contributed by atoms with van der Waals surface area (Å²) in [6.07, 6.45) is 2.55. The molecule has 27 heavy (non-hydrogen) atoms. The number of methoxy groups -OCH3 is 1. The predicted octanol–water partition coefficient (Wildman–Crippen LogP) is 3.57. The molecule has 1 fully saturated rings. The van der Waals surface area contributed by atoms with Crippen molar-refractivity contribution in [3.05, 3.63) is 46.3 Å². The van der Waals surface area contributed by atoms with Gasteiger partial charge in [0.15, 0.2) is 5.69 Å². The lowest BCUT2D eigenvalue weighted by Gasteiger charge is -2.14. The minimum absolute atomic E-state index is 0.515. The number of ether oxygens (including phenoxy) is 2. The van der Waals surface area contributed by atoms with Crippen molar-refractivity contribution in [2.75, 3.05) is 33.4 Å². The Kier molecular flexibility index (Phi) is 5.52. The van der Waals surface area contributed by atoms with E-state index >= 15 is 0 Å². The van der Waals surface area contributed by atoms with E-state index < -0.39 is 0 Å². The van der Waals surface area contributed by atoms with E-state index in [9.17, 15) is 0 Å². The Bertz CT molecular complexity index is 966. The van der Waals surface area contributed by atoms with Crippen LogP contribution >= 0.6 is 11.3 Å². The molecule has 0 atom stereocenters. The zero-order valence-corrected chi connectivity index (χ0v) is 16.1. The molecule has 138 valence electrons. The number of nitrogens with zero attached hydrogens (tertiary/aromatic N) is 3. The maximum Gasteiger partial charge on any atom is 0.249 e. The van der Waals surface area contributed by atoms with Crippen molar-refractivity contribution in [2.45, 2.75) is 12.8 Å². The largest absolute Gasteiger partial charge is 0.497 e. The van der Waals surface area contributed by atoms with Gasteiger partial charge in [0.1, 0.15) is 23.4 Å². The van der Waals surface area contributed by atoms with E-state index in [1.54, 1.807) is 18.4 Å². The fourth-order valence-corrected chi connectivity index (χ4v) is 3.72. The molecule has 0 radical (unpaired) electrons. The summed E-state index contributed by atoms with van der Waals surface area (Å²) in [4.78, 5) is 11.7. The molecule has 3 aromatic rings. The van der Waals surface area contributed by atoms with Crippen molar-refractivity contribution in [3.63, 3.8) is 0 Å². The van der Waals surface area contributed by atoms with Gasteiger partial charge in [-0.2, -0.15) is 0 Å². The first kappa shape index (κ1) is 17.8. The van der Waals surface area contributed by atoms with E-state index in [1.807, 2.05) is 35.0 Å². The maximum absolute atomic E-state index is 5.97. The summed E-state index contributed by atoms with van der Waals surface area (Å²) in [5.41, 5.74) is 3.18. The number of benzene rings is 1. The lowest BCUT2D eigenvalue weighted by molar-refractivity contribution is 0.231. The molecule has 1 aromatic carbocycles. The highest BCUT2D eigenvalue weighted by molar-refractivity contribution is 7.09. The number of fused-ring (bicyclic) bond motifs is 1. The average Bonchev–Trinajstić information content (AvgIpc) is 3.38. The number of hydrogen-bond donors (Lipinski definition) is 0. The van der Waals surface area contributed by atoms with Gasteiger partial charge in [0.05, 0.1) is 7.11 Å². The van der Waals surface area contributed by atoms with Gasteiger partial charge in [0.25, 0.3) is 0 Å². The highest BCUT2D eigenvalue weighted by Gasteiger charge is 2.13. The van der Waals surface area contributed by atoms with Crippen molar-refractivity contribution < 1.29 is 9.47 Å². The lowest BCUT2D eigenvalue weighted by atomic mass is 10.2. The molecule has 0 unspecified atom stereocenters. The van der Waals surface area contributed by atoms with E-state index in [2.05, 4.69) is 26.7 Å². The van der Waals surface area contributed by atoms with Crippen LogP contribution in [0, 0.1) is 11.8 Å². The summed E-state index contributed by atoms with van der Waals surface area (Å²) < 4.78 is 11.2. The quantitative estimate of drug-likeness (QED) is 0.634. The first-order chi connectivity index (χ1) is 13.3. The van der Waals surface area contributed by atoms with Crippen molar-refractivity contribution in [3.8, 4) is 23.5 Å². The third-order valence-electron chi connectivity index (χ3n) is 4.54. The van der Waals surface area contributed by atoms with Crippen LogP contribution in [0.15, 0.2) is 35.0 Å². The fraction of sp³-hybridized carbons (Fsp3) is 0.333. The van der Waals surface area contributed by atoms with Gasteiger partial charge < -0.3 is 9.47 Å². The van der Waals surface area contributed by atoms with E-state index in [4.69, 9.17) is 9.47 Å². The highest BCUT2D eigenvalue weighted by atomic mass is 32.1. The van der Waals surface area contributed by atoms with Crippen LogP contribution in [0.3, 0.4) is 0 Å². The molecule has 3 heterocycles. The zero-order valence-electron chi connectivity index (χ0n) is 15.3. The van der Waals surface area contributed by atoms with Gasteiger partial charge in [-0.05, 0) is 56.1 Å².